The van der Waals surface area contributed by atoms with E-state index in [2.05, 4.69) is 24.4 Å². The Hall–Kier alpha value is -1.61. The summed E-state index contributed by atoms with van der Waals surface area (Å²) in [6, 6.07) is 10.3. The van der Waals surface area contributed by atoms with Gasteiger partial charge in [0.25, 0.3) is 5.91 Å². The molecule has 1 atom stereocenters. The van der Waals surface area contributed by atoms with Crippen molar-refractivity contribution in [2.75, 3.05) is 0 Å². The third kappa shape index (κ3) is 3.03. The van der Waals surface area contributed by atoms with Gasteiger partial charge >= 0.3 is 0 Å². The second kappa shape index (κ2) is 6.44. The predicted octanol–water partition coefficient (Wildman–Crippen LogP) is 4.51. The van der Waals surface area contributed by atoms with E-state index >= 15 is 0 Å². The molecule has 1 aromatic heterocycles. The first kappa shape index (κ1) is 14.3. The third-order valence-electron chi connectivity index (χ3n) is 4.22. The van der Waals surface area contributed by atoms with Gasteiger partial charge < -0.3 is 5.32 Å². The molecule has 1 aliphatic carbocycles. The summed E-state index contributed by atoms with van der Waals surface area (Å²) >= 11 is 1.75. The molecule has 1 heterocycles. The summed E-state index contributed by atoms with van der Waals surface area (Å²) in [6.45, 7) is 2.11. The molecule has 2 aromatic rings. The Morgan fingerprint density at radius 3 is 2.76 bits per heavy atom. The van der Waals surface area contributed by atoms with Crippen LogP contribution in [0.5, 0.6) is 0 Å². The van der Waals surface area contributed by atoms with Gasteiger partial charge in [0.2, 0.25) is 0 Å². The van der Waals surface area contributed by atoms with Gasteiger partial charge in [0.1, 0.15) is 0 Å². The van der Waals surface area contributed by atoms with Crippen molar-refractivity contribution < 1.29 is 4.79 Å². The van der Waals surface area contributed by atoms with Crippen molar-refractivity contribution in [1.29, 1.82) is 0 Å². The Balaban J connectivity index is 1.78. The van der Waals surface area contributed by atoms with E-state index in [0.29, 0.717) is 0 Å². The number of thiophene rings is 1. The van der Waals surface area contributed by atoms with Crippen LogP contribution < -0.4 is 5.32 Å². The smallest absolute Gasteiger partial charge is 0.252 e. The molecule has 0 saturated heterocycles. The summed E-state index contributed by atoms with van der Waals surface area (Å²) < 4.78 is 0. The Morgan fingerprint density at radius 1 is 1.24 bits per heavy atom. The molecule has 0 saturated carbocycles. The fourth-order valence-electron chi connectivity index (χ4n) is 3.03. The van der Waals surface area contributed by atoms with E-state index in [9.17, 15) is 4.79 Å². The van der Waals surface area contributed by atoms with Crippen LogP contribution >= 0.6 is 11.3 Å². The van der Waals surface area contributed by atoms with E-state index < -0.39 is 0 Å². The highest BCUT2D eigenvalue weighted by Gasteiger charge is 2.21. The average molecular weight is 299 g/mol. The number of fused-ring (bicyclic) bond motifs is 1. The highest BCUT2D eigenvalue weighted by atomic mass is 32.1. The van der Waals surface area contributed by atoms with Crippen molar-refractivity contribution in [2.45, 2.75) is 45.1 Å². The third-order valence-corrected chi connectivity index (χ3v) is 5.31. The molecular weight excluding hydrogens is 278 g/mol. The van der Waals surface area contributed by atoms with Gasteiger partial charge in [0.15, 0.2) is 0 Å². The maximum atomic E-state index is 12.6. The largest absolute Gasteiger partial charge is 0.345 e. The van der Waals surface area contributed by atoms with E-state index in [4.69, 9.17) is 0 Å². The molecule has 0 unspecified atom stereocenters. The van der Waals surface area contributed by atoms with Gasteiger partial charge in [-0.1, -0.05) is 37.3 Å². The van der Waals surface area contributed by atoms with Crippen LogP contribution in [0.1, 0.15) is 58.6 Å². The van der Waals surface area contributed by atoms with Crippen molar-refractivity contribution in [3.05, 3.63) is 57.3 Å². The number of amides is 1. The van der Waals surface area contributed by atoms with Gasteiger partial charge in [-0.2, -0.15) is 0 Å². The quantitative estimate of drug-likeness (QED) is 0.884. The minimum absolute atomic E-state index is 0.0881. The summed E-state index contributed by atoms with van der Waals surface area (Å²) in [6.07, 6.45) is 5.57. The van der Waals surface area contributed by atoms with Crippen LogP contribution in [0.15, 0.2) is 35.7 Å². The summed E-state index contributed by atoms with van der Waals surface area (Å²) in [7, 11) is 0. The van der Waals surface area contributed by atoms with Crippen molar-refractivity contribution in [2.24, 2.45) is 0 Å². The Labute approximate surface area is 130 Å². The van der Waals surface area contributed by atoms with E-state index in [1.807, 2.05) is 23.6 Å². The SMILES string of the molecule is CC[C@H](NC(=O)c1csc2c1CCCC2)c1ccccc1. The number of carbonyl (C=O) groups excluding carboxylic acids is 1. The predicted molar refractivity (Wildman–Crippen MR) is 87.9 cm³/mol. The van der Waals surface area contributed by atoms with Crippen LogP contribution in [0.3, 0.4) is 0 Å². The monoisotopic (exact) mass is 299 g/mol. The molecular formula is C18H21NOS. The van der Waals surface area contributed by atoms with E-state index in [1.165, 1.54) is 28.8 Å². The van der Waals surface area contributed by atoms with Gasteiger partial charge in [0, 0.05) is 10.3 Å². The lowest BCUT2D eigenvalue weighted by Crippen LogP contribution is -2.28. The highest BCUT2D eigenvalue weighted by Crippen LogP contribution is 2.30. The summed E-state index contributed by atoms with van der Waals surface area (Å²) in [5, 5.41) is 5.25. The number of nitrogens with one attached hydrogen (secondary N) is 1. The van der Waals surface area contributed by atoms with Crippen molar-refractivity contribution in [3.8, 4) is 0 Å². The molecule has 21 heavy (non-hydrogen) atoms. The first-order valence-corrected chi connectivity index (χ1v) is 8.62. The topological polar surface area (TPSA) is 29.1 Å². The molecule has 1 aliphatic rings. The van der Waals surface area contributed by atoms with Gasteiger partial charge in [-0.05, 0) is 43.2 Å². The van der Waals surface area contributed by atoms with E-state index in [1.54, 1.807) is 11.3 Å². The number of carbonyl (C=O) groups is 1. The first-order chi connectivity index (χ1) is 10.3. The first-order valence-electron chi connectivity index (χ1n) is 7.74. The molecule has 0 bridgehead atoms. The molecule has 0 aliphatic heterocycles. The summed E-state index contributed by atoms with van der Waals surface area (Å²) in [5.41, 5.74) is 3.38. The molecule has 3 rings (SSSR count). The summed E-state index contributed by atoms with van der Waals surface area (Å²) in [5.74, 6) is 0.0881. The maximum Gasteiger partial charge on any atom is 0.252 e. The molecule has 110 valence electrons. The van der Waals surface area contributed by atoms with E-state index in [-0.39, 0.29) is 11.9 Å². The van der Waals surface area contributed by atoms with Gasteiger partial charge in [-0.25, -0.2) is 0 Å². The molecule has 0 radical (unpaired) electrons. The van der Waals surface area contributed by atoms with Crippen molar-refractivity contribution in [3.63, 3.8) is 0 Å². The van der Waals surface area contributed by atoms with Crippen LogP contribution in [-0.2, 0) is 12.8 Å². The van der Waals surface area contributed by atoms with Crippen molar-refractivity contribution in [1.82, 2.24) is 5.32 Å². The van der Waals surface area contributed by atoms with Crippen LogP contribution in [0.25, 0.3) is 0 Å². The molecule has 2 nitrogen and oxygen atoms in total. The number of aryl methyl sites for hydroxylation is 1. The Kier molecular flexibility index (Phi) is 4.39. The summed E-state index contributed by atoms with van der Waals surface area (Å²) in [4.78, 5) is 14.0. The van der Waals surface area contributed by atoms with E-state index in [0.717, 1.165) is 24.8 Å². The second-order valence-electron chi connectivity index (χ2n) is 5.60. The van der Waals surface area contributed by atoms with Crippen molar-refractivity contribution >= 4 is 17.2 Å². The lowest BCUT2D eigenvalue weighted by molar-refractivity contribution is 0.0935. The normalized spacial score (nSPS) is 15.3. The number of hydrogen-bond acceptors (Lipinski definition) is 2. The zero-order valence-electron chi connectivity index (χ0n) is 12.4. The highest BCUT2D eigenvalue weighted by molar-refractivity contribution is 7.10. The Bertz CT molecular complexity index is 617. The number of hydrogen-bond donors (Lipinski definition) is 1. The second-order valence-corrected chi connectivity index (χ2v) is 6.57. The molecule has 0 spiro atoms. The van der Waals surface area contributed by atoms with Crippen LogP contribution in [0, 0.1) is 0 Å². The van der Waals surface area contributed by atoms with Crippen LogP contribution in [0.4, 0.5) is 0 Å². The van der Waals surface area contributed by atoms with Gasteiger partial charge in [-0.3, -0.25) is 4.79 Å². The zero-order valence-corrected chi connectivity index (χ0v) is 13.2. The molecule has 1 amide bonds. The zero-order chi connectivity index (χ0) is 14.7. The molecule has 1 aromatic carbocycles. The lowest BCUT2D eigenvalue weighted by Gasteiger charge is -2.18. The number of rotatable bonds is 4. The maximum absolute atomic E-state index is 12.6. The minimum Gasteiger partial charge on any atom is -0.345 e. The minimum atomic E-state index is 0.0881. The fourth-order valence-corrected chi connectivity index (χ4v) is 4.15. The fraction of sp³-hybridized carbons (Fsp3) is 0.389. The van der Waals surface area contributed by atoms with Crippen LogP contribution in [0.2, 0.25) is 0 Å². The molecule has 1 N–H and O–H groups in total. The molecule has 0 fully saturated rings. The Morgan fingerprint density at radius 2 is 2.00 bits per heavy atom. The van der Waals surface area contributed by atoms with Gasteiger partial charge in [0.05, 0.1) is 11.6 Å². The average Bonchev–Trinajstić information content (AvgIpc) is 2.97. The lowest BCUT2D eigenvalue weighted by atomic mass is 9.95. The van der Waals surface area contributed by atoms with Crippen LogP contribution in [-0.4, -0.2) is 5.91 Å². The number of benzene rings is 1. The molecule has 3 heteroatoms. The van der Waals surface area contributed by atoms with Gasteiger partial charge in [-0.15, -0.1) is 11.3 Å². The standard InChI is InChI=1S/C18H21NOS/c1-2-16(13-8-4-3-5-9-13)19-18(20)15-12-21-17-11-7-6-10-14(15)17/h3-5,8-9,12,16H,2,6-7,10-11H2,1H3,(H,19,20)/t16-/m0/s1.